The number of carbonyl (C=O) groups excluding carboxylic acids is 2. The molecule has 0 spiro atoms. The van der Waals surface area contributed by atoms with Crippen LogP contribution in [0.3, 0.4) is 0 Å². The number of sulfonamides is 1. The monoisotopic (exact) mass is 444 g/mol. The van der Waals surface area contributed by atoms with Crippen LogP contribution in [0.4, 0.5) is 14.6 Å². The Labute approximate surface area is 173 Å². The van der Waals surface area contributed by atoms with Gasteiger partial charge in [-0.05, 0) is 19.4 Å². The number of hydrogen-bond acceptors (Lipinski definition) is 8. The second-order valence-electron chi connectivity index (χ2n) is 6.67. The van der Waals surface area contributed by atoms with E-state index in [9.17, 15) is 32.0 Å². The molecule has 0 aliphatic carbocycles. The van der Waals surface area contributed by atoms with Gasteiger partial charge in [0, 0.05) is 13.1 Å². The highest BCUT2D eigenvalue weighted by Crippen LogP contribution is 2.31. The molecule has 9 nitrogen and oxygen atoms in total. The van der Waals surface area contributed by atoms with Crippen molar-refractivity contribution >= 4 is 27.7 Å². The largest absolute Gasteiger partial charge is 0.462 e. The van der Waals surface area contributed by atoms with Gasteiger partial charge in [0.05, 0.1) is 29.4 Å². The minimum absolute atomic E-state index is 0.00174. The fourth-order valence-electron chi connectivity index (χ4n) is 2.82. The second kappa shape index (κ2) is 9.80. The molecule has 12 heteroatoms. The van der Waals surface area contributed by atoms with E-state index in [2.05, 4.69) is 4.98 Å². The van der Waals surface area contributed by atoms with E-state index < -0.39 is 45.5 Å². The number of esters is 1. The van der Waals surface area contributed by atoms with Crippen LogP contribution in [-0.2, 0) is 19.6 Å². The summed E-state index contributed by atoms with van der Waals surface area (Å²) in [4.78, 5) is 29.3. The van der Waals surface area contributed by atoms with E-state index in [0.29, 0.717) is 12.8 Å². The maximum Gasteiger partial charge on any atom is 0.340 e. The zero-order valence-electron chi connectivity index (χ0n) is 16.5. The number of rotatable bonds is 9. The average molecular weight is 444 g/mol. The smallest absolute Gasteiger partial charge is 0.340 e. The summed E-state index contributed by atoms with van der Waals surface area (Å²) < 4.78 is 57.3. The van der Waals surface area contributed by atoms with E-state index in [1.165, 1.54) is 11.8 Å². The van der Waals surface area contributed by atoms with Gasteiger partial charge in [-0.15, -0.1) is 0 Å². The first-order valence-corrected chi connectivity index (χ1v) is 11.0. The van der Waals surface area contributed by atoms with Crippen LogP contribution < -0.4 is 9.62 Å². The number of ether oxygens (including phenoxy) is 1. The summed E-state index contributed by atoms with van der Waals surface area (Å²) in [7, 11) is -3.73. The van der Waals surface area contributed by atoms with Gasteiger partial charge in [-0.3, -0.25) is 9.52 Å². The van der Waals surface area contributed by atoms with E-state index in [-0.39, 0.29) is 36.8 Å². The molecule has 1 aliphatic heterocycles. The molecule has 0 atom stereocenters. The molecule has 0 unspecified atom stereocenters. The molecule has 30 heavy (non-hydrogen) atoms. The molecule has 1 fully saturated rings. The van der Waals surface area contributed by atoms with Crippen LogP contribution in [0.2, 0.25) is 0 Å². The first kappa shape index (κ1) is 23.5. The van der Waals surface area contributed by atoms with Crippen molar-refractivity contribution in [2.75, 3.05) is 30.3 Å². The Hall–Kier alpha value is -2.81. The lowest BCUT2D eigenvalue weighted by Crippen LogP contribution is -2.55. The molecule has 1 N–H and O–H groups in total. The van der Waals surface area contributed by atoms with E-state index in [1.54, 1.807) is 6.07 Å². The van der Waals surface area contributed by atoms with Crippen LogP contribution in [0.5, 0.6) is 0 Å². The number of pyridine rings is 1. The van der Waals surface area contributed by atoms with Gasteiger partial charge >= 0.3 is 5.97 Å². The van der Waals surface area contributed by atoms with Crippen LogP contribution in [0, 0.1) is 17.2 Å². The van der Waals surface area contributed by atoms with E-state index in [4.69, 9.17) is 4.74 Å². The summed E-state index contributed by atoms with van der Waals surface area (Å²) in [6.07, 6.45) is -2.01. The minimum atomic E-state index is -3.73. The van der Waals surface area contributed by atoms with Gasteiger partial charge < -0.3 is 9.64 Å². The molecular weight excluding hydrogens is 422 g/mol. The Bertz CT molecular complexity index is 956. The van der Waals surface area contributed by atoms with Crippen molar-refractivity contribution < 1.29 is 31.5 Å². The minimum Gasteiger partial charge on any atom is -0.462 e. The van der Waals surface area contributed by atoms with Crippen molar-refractivity contribution in [1.82, 2.24) is 9.71 Å². The van der Waals surface area contributed by atoms with Crippen LogP contribution in [0.15, 0.2) is 6.07 Å². The first-order chi connectivity index (χ1) is 14.1. The fraction of sp³-hybridized carbons (Fsp3) is 0.556. The zero-order valence-corrected chi connectivity index (χ0v) is 17.3. The standard InChI is InChI=1S/C18H22F2N4O5S/c1-3-5-6-30(27,28)23-17(25)12-9-24(10-12)16-11(8-21)7-13(18(26)29-4-2)14(22-16)15(19)20/h7,12,15H,3-6,9-10H2,1-2H3,(H,23,25). The van der Waals surface area contributed by atoms with Crippen LogP contribution in [-0.4, -0.2) is 50.7 Å². The summed E-state index contributed by atoms with van der Waals surface area (Å²) in [5, 5.41) is 9.35. The molecule has 1 aromatic heterocycles. The predicted molar refractivity (Wildman–Crippen MR) is 102 cm³/mol. The van der Waals surface area contributed by atoms with Gasteiger partial charge in [0.2, 0.25) is 15.9 Å². The van der Waals surface area contributed by atoms with Crippen LogP contribution >= 0.6 is 0 Å². The van der Waals surface area contributed by atoms with Crippen LogP contribution in [0.1, 0.15) is 54.7 Å². The number of unbranched alkanes of at least 4 members (excludes halogenated alkanes) is 1. The lowest BCUT2D eigenvalue weighted by atomic mass is 9.98. The molecule has 2 rings (SSSR count). The number of hydrogen-bond donors (Lipinski definition) is 1. The molecule has 0 bridgehead atoms. The molecule has 1 amide bonds. The number of nitrogens with zero attached hydrogens (tertiary/aromatic N) is 3. The molecular formula is C18H22F2N4O5S. The highest BCUT2D eigenvalue weighted by atomic mass is 32.2. The molecule has 164 valence electrons. The molecule has 0 radical (unpaired) electrons. The molecule has 0 saturated carbocycles. The van der Waals surface area contributed by atoms with Gasteiger partial charge in [0.25, 0.3) is 6.43 Å². The van der Waals surface area contributed by atoms with Gasteiger partial charge in [0.1, 0.15) is 17.6 Å². The Morgan fingerprint density at radius 2 is 2.07 bits per heavy atom. The van der Waals surface area contributed by atoms with Gasteiger partial charge in [0.15, 0.2) is 0 Å². The molecule has 0 aromatic carbocycles. The number of alkyl halides is 2. The summed E-state index contributed by atoms with van der Waals surface area (Å²) >= 11 is 0. The van der Waals surface area contributed by atoms with Crippen molar-refractivity contribution in [2.24, 2.45) is 5.92 Å². The summed E-state index contributed by atoms with van der Waals surface area (Å²) in [6, 6.07) is 2.79. The first-order valence-electron chi connectivity index (χ1n) is 9.33. The third-order valence-corrected chi connectivity index (χ3v) is 5.77. The lowest BCUT2D eigenvalue weighted by molar-refractivity contribution is -0.123. The Morgan fingerprint density at radius 1 is 1.40 bits per heavy atom. The van der Waals surface area contributed by atoms with Crippen molar-refractivity contribution in [3.8, 4) is 6.07 Å². The van der Waals surface area contributed by atoms with E-state index in [1.807, 2.05) is 11.6 Å². The summed E-state index contributed by atoms with van der Waals surface area (Å²) in [5.41, 5.74) is -1.45. The maximum absolute atomic E-state index is 13.4. The van der Waals surface area contributed by atoms with Crippen molar-refractivity contribution in [2.45, 2.75) is 33.1 Å². The number of amides is 1. The van der Waals surface area contributed by atoms with Crippen LogP contribution in [0.25, 0.3) is 0 Å². The predicted octanol–water partition coefficient (Wildman–Crippen LogP) is 1.75. The van der Waals surface area contributed by atoms with Gasteiger partial charge in [-0.1, -0.05) is 13.3 Å². The number of aromatic nitrogens is 1. The number of carbonyl (C=O) groups is 2. The normalized spacial score (nSPS) is 14.2. The maximum atomic E-state index is 13.4. The molecule has 1 aromatic rings. The SMILES string of the molecule is CCCCS(=O)(=O)NC(=O)C1CN(c2nc(C(F)F)c(C(=O)OCC)cc2C#N)C1. The number of nitrogens with one attached hydrogen (secondary N) is 1. The topological polar surface area (TPSA) is 129 Å². The number of anilines is 1. The molecule has 1 aliphatic rings. The Balaban J connectivity index is 2.18. The second-order valence-corrected chi connectivity index (χ2v) is 8.51. The van der Waals surface area contributed by atoms with Gasteiger partial charge in [-0.25, -0.2) is 27.0 Å². The molecule has 1 saturated heterocycles. The average Bonchev–Trinajstić information content (AvgIpc) is 2.64. The van der Waals surface area contributed by atoms with Crippen molar-refractivity contribution in [3.05, 3.63) is 22.9 Å². The summed E-state index contributed by atoms with van der Waals surface area (Å²) in [5.74, 6) is -2.67. The van der Waals surface area contributed by atoms with E-state index >= 15 is 0 Å². The third-order valence-electron chi connectivity index (χ3n) is 4.43. The highest BCUT2D eigenvalue weighted by Gasteiger charge is 2.37. The third kappa shape index (κ3) is 5.41. The summed E-state index contributed by atoms with van der Waals surface area (Å²) in [6.45, 7) is 3.30. The Morgan fingerprint density at radius 3 is 2.60 bits per heavy atom. The fourth-order valence-corrected chi connectivity index (χ4v) is 4.06. The van der Waals surface area contributed by atoms with E-state index in [0.717, 1.165) is 6.07 Å². The lowest BCUT2D eigenvalue weighted by Gasteiger charge is -2.39. The van der Waals surface area contributed by atoms with Gasteiger partial charge in [-0.2, -0.15) is 5.26 Å². The number of nitriles is 1. The molecule has 2 heterocycles. The highest BCUT2D eigenvalue weighted by molar-refractivity contribution is 7.90. The number of halogens is 2. The van der Waals surface area contributed by atoms with Crippen molar-refractivity contribution in [3.63, 3.8) is 0 Å². The zero-order chi connectivity index (χ0) is 22.5. The van der Waals surface area contributed by atoms with Crippen molar-refractivity contribution in [1.29, 1.82) is 5.26 Å². The quantitative estimate of drug-likeness (QED) is 0.570. The Kier molecular flexibility index (Phi) is 7.66.